The number of rotatable bonds is 1. The van der Waals surface area contributed by atoms with Crippen LogP contribution in [0.2, 0.25) is 0 Å². The molecule has 0 spiro atoms. The summed E-state index contributed by atoms with van der Waals surface area (Å²) in [5.74, 6) is 0. The van der Waals surface area contributed by atoms with Crippen molar-refractivity contribution < 1.29 is 4.79 Å². The van der Waals surface area contributed by atoms with Gasteiger partial charge in [0.1, 0.15) is 5.69 Å². The third-order valence-corrected chi connectivity index (χ3v) is 3.01. The number of carbonyl (C=O) groups excluding carboxylic acids is 1. The average Bonchev–Trinajstić information content (AvgIpc) is 2.54. The molecule has 16 heavy (non-hydrogen) atoms. The molecule has 2 rings (SSSR count). The van der Waals surface area contributed by atoms with Gasteiger partial charge in [-0.3, -0.25) is 9.48 Å². The Balaban J connectivity index is 2.54. The van der Waals surface area contributed by atoms with E-state index >= 15 is 0 Å². The van der Waals surface area contributed by atoms with Crippen molar-refractivity contribution in [3.63, 3.8) is 0 Å². The summed E-state index contributed by atoms with van der Waals surface area (Å²) in [5, 5.41) is 4.59. The summed E-state index contributed by atoms with van der Waals surface area (Å²) in [4.78, 5) is 13.5. The van der Waals surface area contributed by atoms with Gasteiger partial charge in [-0.25, -0.2) is 0 Å². The monoisotopic (exact) mass is 221 g/mol. The highest BCUT2D eigenvalue weighted by Crippen LogP contribution is 2.25. The van der Waals surface area contributed by atoms with Crippen LogP contribution < -0.4 is 0 Å². The van der Waals surface area contributed by atoms with Crippen LogP contribution in [0.5, 0.6) is 0 Å². The Morgan fingerprint density at radius 3 is 2.62 bits per heavy atom. The van der Waals surface area contributed by atoms with Crippen molar-refractivity contribution in [2.45, 2.75) is 39.3 Å². The standard InChI is InChI=1S/C12H19N3O/c1-12(2,3)15-11(8-16)9-7-14(4)6-5-10(9)13-15/h8H,5-7H2,1-4H3. The molecule has 0 aromatic carbocycles. The van der Waals surface area contributed by atoms with E-state index in [0.717, 1.165) is 42.7 Å². The minimum absolute atomic E-state index is 0.133. The summed E-state index contributed by atoms with van der Waals surface area (Å²) in [5.41, 5.74) is 2.81. The number of hydrogen-bond acceptors (Lipinski definition) is 3. The molecular weight excluding hydrogens is 202 g/mol. The molecule has 1 aromatic rings. The first-order chi connectivity index (χ1) is 7.43. The first-order valence-corrected chi connectivity index (χ1v) is 5.68. The number of aromatic nitrogens is 2. The van der Waals surface area contributed by atoms with E-state index in [4.69, 9.17) is 0 Å². The molecule has 0 aliphatic carbocycles. The lowest BCUT2D eigenvalue weighted by molar-refractivity contribution is 0.110. The Morgan fingerprint density at radius 1 is 1.38 bits per heavy atom. The third-order valence-electron chi connectivity index (χ3n) is 3.01. The van der Waals surface area contributed by atoms with Gasteiger partial charge in [0.05, 0.1) is 11.2 Å². The van der Waals surface area contributed by atoms with Gasteiger partial charge in [0.25, 0.3) is 0 Å². The highest BCUT2D eigenvalue weighted by atomic mass is 16.1. The fourth-order valence-corrected chi connectivity index (χ4v) is 2.16. The molecule has 0 saturated heterocycles. The summed E-state index contributed by atoms with van der Waals surface area (Å²) in [6.07, 6.45) is 1.88. The molecule has 4 nitrogen and oxygen atoms in total. The van der Waals surface area contributed by atoms with Crippen LogP contribution in [0.3, 0.4) is 0 Å². The van der Waals surface area contributed by atoms with E-state index in [2.05, 4.69) is 37.8 Å². The number of nitrogens with zero attached hydrogens (tertiary/aromatic N) is 3. The van der Waals surface area contributed by atoms with Gasteiger partial charge in [-0.2, -0.15) is 5.10 Å². The largest absolute Gasteiger partial charge is 0.302 e. The van der Waals surface area contributed by atoms with Gasteiger partial charge in [-0.1, -0.05) is 0 Å². The maximum atomic E-state index is 11.2. The summed E-state index contributed by atoms with van der Waals surface area (Å²) < 4.78 is 1.86. The van der Waals surface area contributed by atoms with E-state index in [-0.39, 0.29) is 5.54 Å². The molecule has 88 valence electrons. The second-order valence-electron chi connectivity index (χ2n) is 5.50. The Bertz CT molecular complexity index is 415. The zero-order chi connectivity index (χ0) is 11.9. The number of aldehydes is 1. The molecule has 0 N–H and O–H groups in total. The van der Waals surface area contributed by atoms with E-state index in [1.807, 2.05) is 4.68 Å². The van der Waals surface area contributed by atoms with Gasteiger partial charge >= 0.3 is 0 Å². The minimum atomic E-state index is -0.133. The number of fused-ring (bicyclic) bond motifs is 1. The molecule has 0 saturated carbocycles. The van der Waals surface area contributed by atoms with E-state index in [1.165, 1.54) is 0 Å². The van der Waals surface area contributed by atoms with Crippen LogP contribution in [0.1, 0.15) is 42.5 Å². The van der Waals surface area contributed by atoms with E-state index in [1.54, 1.807) is 0 Å². The number of carbonyl (C=O) groups is 1. The summed E-state index contributed by atoms with van der Waals surface area (Å²) in [7, 11) is 2.08. The molecule has 0 fully saturated rings. The Hall–Kier alpha value is -1.16. The van der Waals surface area contributed by atoms with E-state index < -0.39 is 0 Å². The van der Waals surface area contributed by atoms with Gasteiger partial charge < -0.3 is 4.90 Å². The van der Waals surface area contributed by atoms with Crippen molar-refractivity contribution >= 4 is 6.29 Å². The summed E-state index contributed by atoms with van der Waals surface area (Å²) in [6, 6.07) is 0. The van der Waals surface area contributed by atoms with E-state index in [0.29, 0.717) is 0 Å². The lowest BCUT2D eigenvalue weighted by atomic mass is 10.1. The number of likely N-dealkylation sites (N-methyl/N-ethyl adjacent to an activating group) is 1. The van der Waals surface area contributed by atoms with Crippen LogP contribution in [0.4, 0.5) is 0 Å². The zero-order valence-corrected chi connectivity index (χ0v) is 10.4. The van der Waals surface area contributed by atoms with Gasteiger partial charge in [-0.05, 0) is 27.8 Å². The Labute approximate surface area is 96.2 Å². The highest BCUT2D eigenvalue weighted by Gasteiger charge is 2.27. The SMILES string of the molecule is CN1CCc2nn(C(C)(C)C)c(C=O)c2C1. The van der Waals surface area contributed by atoms with Crippen molar-refractivity contribution in [3.05, 3.63) is 17.0 Å². The predicted molar refractivity (Wildman–Crippen MR) is 62.6 cm³/mol. The van der Waals surface area contributed by atoms with Gasteiger partial charge in [0, 0.05) is 25.1 Å². The minimum Gasteiger partial charge on any atom is -0.302 e. The van der Waals surface area contributed by atoms with Crippen molar-refractivity contribution in [2.75, 3.05) is 13.6 Å². The van der Waals surface area contributed by atoms with Crippen LogP contribution in [0.15, 0.2) is 0 Å². The molecule has 2 heterocycles. The Morgan fingerprint density at radius 2 is 2.06 bits per heavy atom. The predicted octanol–water partition coefficient (Wildman–Crippen LogP) is 1.44. The summed E-state index contributed by atoms with van der Waals surface area (Å²) in [6.45, 7) is 8.07. The average molecular weight is 221 g/mol. The van der Waals surface area contributed by atoms with Crippen LogP contribution in [0, 0.1) is 0 Å². The molecule has 0 unspecified atom stereocenters. The van der Waals surface area contributed by atoms with Crippen molar-refractivity contribution in [1.29, 1.82) is 0 Å². The molecule has 4 heteroatoms. The molecule has 1 aromatic heterocycles. The first kappa shape index (κ1) is 11.3. The topological polar surface area (TPSA) is 38.1 Å². The van der Waals surface area contributed by atoms with Crippen LogP contribution in [-0.2, 0) is 18.5 Å². The molecule has 0 bridgehead atoms. The van der Waals surface area contributed by atoms with Gasteiger partial charge in [0.15, 0.2) is 6.29 Å². The maximum absolute atomic E-state index is 11.2. The van der Waals surface area contributed by atoms with Crippen LogP contribution in [-0.4, -0.2) is 34.6 Å². The Kier molecular flexibility index (Phi) is 2.62. The highest BCUT2D eigenvalue weighted by molar-refractivity contribution is 5.75. The molecule has 0 amide bonds. The smallest absolute Gasteiger partial charge is 0.168 e. The van der Waals surface area contributed by atoms with Gasteiger partial charge in [0.2, 0.25) is 0 Å². The van der Waals surface area contributed by atoms with Crippen LogP contribution in [0.25, 0.3) is 0 Å². The van der Waals surface area contributed by atoms with Crippen LogP contribution >= 0.6 is 0 Å². The van der Waals surface area contributed by atoms with Crippen molar-refractivity contribution in [3.8, 4) is 0 Å². The second kappa shape index (κ2) is 3.70. The molecule has 1 aliphatic heterocycles. The molecule has 1 aliphatic rings. The second-order valence-corrected chi connectivity index (χ2v) is 5.50. The van der Waals surface area contributed by atoms with Crippen molar-refractivity contribution in [1.82, 2.24) is 14.7 Å². The maximum Gasteiger partial charge on any atom is 0.168 e. The first-order valence-electron chi connectivity index (χ1n) is 5.68. The van der Waals surface area contributed by atoms with Gasteiger partial charge in [-0.15, -0.1) is 0 Å². The fourth-order valence-electron chi connectivity index (χ4n) is 2.16. The van der Waals surface area contributed by atoms with E-state index in [9.17, 15) is 4.79 Å². The van der Waals surface area contributed by atoms with Crippen molar-refractivity contribution in [2.24, 2.45) is 0 Å². The quantitative estimate of drug-likeness (QED) is 0.673. The third kappa shape index (κ3) is 1.78. The molecule has 0 radical (unpaired) electrons. The lowest BCUT2D eigenvalue weighted by Crippen LogP contribution is -2.27. The molecular formula is C12H19N3O. The lowest BCUT2D eigenvalue weighted by Gasteiger charge is -2.22. The summed E-state index contributed by atoms with van der Waals surface area (Å²) >= 11 is 0. The fraction of sp³-hybridized carbons (Fsp3) is 0.667. The molecule has 0 atom stereocenters. The number of hydrogen-bond donors (Lipinski definition) is 0. The normalized spacial score (nSPS) is 17.2. The zero-order valence-electron chi connectivity index (χ0n) is 10.4.